The van der Waals surface area contributed by atoms with Crippen LogP contribution in [0.4, 0.5) is 5.69 Å². The number of halogens is 2. The number of rotatable bonds is 4. The molecule has 3 nitrogen and oxygen atoms in total. The highest BCUT2D eigenvalue weighted by atomic mass is 79.9. The van der Waals surface area contributed by atoms with Crippen molar-refractivity contribution < 1.29 is 5.11 Å². The molecule has 0 aliphatic heterocycles. The first-order chi connectivity index (χ1) is 9.60. The first kappa shape index (κ1) is 14.9. The molecular weight excluding hydrogens is 340 g/mol. The van der Waals surface area contributed by atoms with Gasteiger partial charge < -0.3 is 10.4 Å². The Labute approximate surface area is 130 Å². The zero-order valence-electron chi connectivity index (χ0n) is 10.4. The summed E-state index contributed by atoms with van der Waals surface area (Å²) in [5, 5.41) is 22.6. The Kier molecular flexibility index (Phi) is 5.02. The van der Waals surface area contributed by atoms with Crippen LogP contribution in [0.25, 0.3) is 0 Å². The molecule has 20 heavy (non-hydrogen) atoms. The monoisotopic (exact) mass is 350 g/mol. The molecule has 0 aromatic heterocycles. The van der Waals surface area contributed by atoms with Gasteiger partial charge >= 0.3 is 0 Å². The molecule has 0 heterocycles. The maximum absolute atomic E-state index is 9.89. The molecule has 2 rings (SSSR count). The quantitative estimate of drug-likeness (QED) is 0.814. The van der Waals surface area contributed by atoms with Crippen molar-refractivity contribution in [2.45, 2.75) is 12.1 Å². The second-order valence-electron chi connectivity index (χ2n) is 4.25. The van der Waals surface area contributed by atoms with Gasteiger partial charge in [-0.1, -0.05) is 39.7 Å². The predicted molar refractivity (Wildman–Crippen MR) is 83.6 cm³/mol. The summed E-state index contributed by atoms with van der Waals surface area (Å²) in [5.74, 6) is 0. The number of nitriles is 1. The number of aliphatic hydroxyl groups is 1. The van der Waals surface area contributed by atoms with E-state index in [1.54, 1.807) is 24.3 Å². The topological polar surface area (TPSA) is 56.0 Å². The van der Waals surface area contributed by atoms with Crippen molar-refractivity contribution in [2.75, 3.05) is 5.32 Å². The Bertz CT molecular complexity index is 607. The van der Waals surface area contributed by atoms with Gasteiger partial charge in [0.1, 0.15) is 0 Å². The van der Waals surface area contributed by atoms with Gasteiger partial charge in [0.15, 0.2) is 6.10 Å². The molecule has 2 N–H and O–H groups in total. The first-order valence-electron chi connectivity index (χ1n) is 5.95. The van der Waals surface area contributed by atoms with E-state index in [0.29, 0.717) is 5.02 Å². The van der Waals surface area contributed by atoms with Gasteiger partial charge in [0.05, 0.1) is 12.1 Å². The van der Waals surface area contributed by atoms with Crippen LogP contribution in [-0.2, 0) is 0 Å². The second kappa shape index (κ2) is 6.76. The third-order valence-corrected chi connectivity index (χ3v) is 3.62. The fraction of sp³-hybridized carbons (Fsp3) is 0.133. The van der Waals surface area contributed by atoms with E-state index in [4.69, 9.17) is 16.9 Å². The van der Waals surface area contributed by atoms with E-state index in [-0.39, 0.29) is 0 Å². The lowest BCUT2D eigenvalue weighted by Crippen LogP contribution is -2.24. The van der Waals surface area contributed by atoms with Gasteiger partial charge in [0.25, 0.3) is 0 Å². The average Bonchev–Trinajstić information content (AvgIpc) is 2.47. The number of anilines is 1. The number of nitrogens with one attached hydrogen (secondary N) is 1. The highest BCUT2D eigenvalue weighted by Gasteiger charge is 2.20. The molecule has 5 heteroatoms. The molecule has 2 aromatic rings. The van der Waals surface area contributed by atoms with Gasteiger partial charge in [0.2, 0.25) is 0 Å². The van der Waals surface area contributed by atoms with E-state index < -0.39 is 12.1 Å². The SMILES string of the molecule is N#C[C@@H](O)[C@@H](Nc1ccc(Cl)cc1)c1ccc(Br)cc1. The van der Waals surface area contributed by atoms with Crippen molar-refractivity contribution in [1.29, 1.82) is 5.26 Å². The Hall–Kier alpha value is -1.54. The Balaban J connectivity index is 2.26. The number of nitrogens with zero attached hydrogens (tertiary/aromatic N) is 1. The number of aliphatic hydroxyl groups excluding tert-OH is 1. The van der Waals surface area contributed by atoms with Crippen LogP contribution >= 0.6 is 27.5 Å². The van der Waals surface area contributed by atoms with Crippen molar-refractivity contribution in [1.82, 2.24) is 0 Å². The van der Waals surface area contributed by atoms with E-state index in [1.165, 1.54) is 0 Å². The smallest absolute Gasteiger partial charge is 0.164 e. The van der Waals surface area contributed by atoms with Crippen LogP contribution in [0.5, 0.6) is 0 Å². The lowest BCUT2D eigenvalue weighted by atomic mass is 10.0. The van der Waals surface area contributed by atoms with Gasteiger partial charge in [-0.05, 0) is 42.0 Å². The molecule has 0 saturated carbocycles. The van der Waals surface area contributed by atoms with Crippen molar-refractivity contribution in [3.8, 4) is 6.07 Å². The molecule has 0 fully saturated rings. The van der Waals surface area contributed by atoms with E-state index in [9.17, 15) is 5.11 Å². The lowest BCUT2D eigenvalue weighted by Gasteiger charge is -2.21. The van der Waals surface area contributed by atoms with Crippen LogP contribution in [0, 0.1) is 11.3 Å². The number of benzene rings is 2. The van der Waals surface area contributed by atoms with Crippen LogP contribution in [0.1, 0.15) is 11.6 Å². The summed E-state index contributed by atoms with van der Waals surface area (Å²) < 4.78 is 0.943. The average molecular weight is 352 g/mol. The maximum Gasteiger partial charge on any atom is 0.164 e. The molecule has 0 radical (unpaired) electrons. The van der Waals surface area contributed by atoms with E-state index in [1.807, 2.05) is 30.3 Å². The van der Waals surface area contributed by atoms with Crippen LogP contribution < -0.4 is 5.32 Å². The van der Waals surface area contributed by atoms with Gasteiger partial charge in [-0.25, -0.2) is 0 Å². The van der Waals surface area contributed by atoms with Crippen LogP contribution in [0.15, 0.2) is 53.0 Å². The Morgan fingerprint density at radius 3 is 2.25 bits per heavy atom. The minimum Gasteiger partial charge on any atom is -0.376 e. The summed E-state index contributed by atoms with van der Waals surface area (Å²) in [5.41, 5.74) is 1.62. The summed E-state index contributed by atoms with van der Waals surface area (Å²) in [6, 6.07) is 15.9. The van der Waals surface area contributed by atoms with Crippen molar-refractivity contribution in [2.24, 2.45) is 0 Å². The molecule has 102 valence electrons. The van der Waals surface area contributed by atoms with Gasteiger partial charge in [0, 0.05) is 15.2 Å². The third-order valence-electron chi connectivity index (χ3n) is 2.84. The van der Waals surface area contributed by atoms with Gasteiger partial charge in [-0.2, -0.15) is 5.26 Å². The molecule has 0 spiro atoms. The minimum absolute atomic E-state index is 0.505. The van der Waals surface area contributed by atoms with E-state index in [2.05, 4.69) is 21.2 Å². The van der Waals surface area contributed by atoms with Gasteiger partial charge in [-0.15, -0.1) is 0 Å². The van der Waals surface area contributed by atoms with Crippen molar-refractivity contribution in [3.05, 3.63) is 63.6 Å². The summed E-state index contributed by atoms with van der Waals surface area (Å²) in [4.78, 5) is 0. The molecule has 0 aliphatic carbocycles. The molecule has 0 saturated heterocycles. The fourth-order valence-corrected chi connectivity index (χ4v) is 2.21. The van der Waals surface area contributed by atoms with Crippen LogP contribution in [0.3, 0.4) is 0 Å². The Morgan fingerprint density at radius 1 is 1.10 bits per heavy atom. The highest BCUT2D eigenvalue weighted by Crippen LogP contribution is 2.25. The molecule has 0 unspecified atom stereocenters. The van der Waals surface area contributed by atoms with E-state index >= 15 is 0 Å². The zero-order valence-corrected chi connectivity index (χ0v) is 12.8. The number of hydrogen-bond acceptors (Lipinski definition) is 3. The standard InChI is InChI=1S/C15H12BrClN2O/c16-11-3-1-10(2-4-11)15(14(20)9-18)19-13-7-5-12(17)6-8-13/h1-8,14-15,19-20H/t14-,15+/m1/s1. The summed E-state index contributed by atoms with van der Waals surface area (Å²) in [7, 11) is 0. The van der Waals surface area contributed by atoms with Crippen molar-refractivity contribution in [3.63, 3.8) is 0 Å². The number of hydrogen-bond donors (Lipinski definition) is 2. The maximum atomic E-state index is 9.89. The summed E-state index contributed by atoms with van der Waals surface area (Å²) >= 11 is 9.20. The second-order valence-corrected chi connectivity index (χ2v) is 5.61. The molecule has 0 amide bonds. The lowest BCUT2D eigenvalue weighted by molar-refractivity contribution is 0.207. The largest absolute Gasteiger partial charge is 0.376 e. The molecule has 0 bridgehead atoms. The summed E-state index contributed by atoms with van der Waals surface area (Å²) in [6.45, 7) is 0. The third kappa shape index (κ3) is 3.73. The van der Waals surface area contributed by atoms with Crippen molar-refractivity contribution >= 4 is 33.2 Å². The Morgan fingerprint density at radius 2 is 1.70 bits per heavy atom. The van der Waals surface area contributed by atoms with E-state index in [0.717, 1.165) is 15.7 Å². The van der Waals surface area contributed by atoms with Crippen LogP contribution in [0.2, 0.25) is 5.02 Å². The molecule has 2 aromatic carbocycles. The molecule has 0 aliphatic rings. The fourth-order valence-electron chi connectivity index (χ4n) is 1.81. The summed E-state index contributed by atoms with van der Waals surface area (Å²) in [6.07, 6.45) is -1.15. The van der Waals surface area contributed by atoms with Gasteiger partial charge in [-0.3, -0.25) is 0 Å². The normalized spacial score (nSPS) is 13.3. The molecule has 2 atom stereocenters. The molecular formula is C15H12BrClN2O. The first-order valence-corrected chi connectivity index (χ1v) is 7.12. The van der Waals surface area contributed by atoms with Crippen LogP contribution in [-0.4, -0.2) is 11.2 Å². The predicted octanol–water partition coefficient (Wildman–Crippen LogP) is 4.14. The zero-order chi connectivity index (χ0) is 14.5. The minimum atomic E-state index is -1.15. The highest BCUT2D eigenvalue weighted by molar-refractivity contribution is 9.10.